The van der Waals surface area contributed by atoms with Gasteiger partial charge < -0.3 is 19.1 Å². The van der Waals surface area contributed by atoms with Crippen molar-refractivity contribution >= 4 is 17.4 Å². The summed E-state index contributed by atoms with van der Waals surface area (Å²) in [7, 11) is 1.64. The maximum Gasteiger partial charge on any atom is 0.409 e. The summed E-state index contributed by atoms with van der Waals surface area (Å²) in [5.74, 6) is 1.45. The van der Waals surface area contributed by atoms with Gasteiger partial charge in [0.2, 0.25) is 0 Å². The SMILES string of the molecule is CCOC(=O)N1CCN(Cc2csc(-c3ccc(OCC)c(OC)c3)n2)CC1. The van der Waals surface area contributed by atoms with Crippen molar-refractivity contribution in [2.75, 3.05) is 46.5 Å². The largest absolute Gasteiger partial charge is 0.493 e. The number of nitrogens with zero attached hydrogens (tertiary/aromatic N) is 3. The molecule has 2 aromatic rings. The lowest BCUT2D eigenvalue weighted by atomic mass is 10.2. The fourth-order valence-electron chi connectivity index (χ4n) is 3.12. The van der Waals surface area contributed by atoms with Crippen molar-refractivity contribution < 1.29 is 19.0 Å². The minimum Gasteiger partial charge on any atom is -0.493 e. The smallest absolute Gasteiger partial charge is 0.409 e. The van der Waals surface area contributed by atoms with Crippen molar-refractivity contribution in [3.63, 3.8) is 0 Å². The first-order chi connectivity index (χ1) is 13.6. The number of carbonyl (C=O) groups excluding carboxylic acids is 1. The summed E-state index contributed by atoms with van der Waals surface area (Å²) in [6, 6.07) is 5.90. The Morgan fingerprint density at radius 2 is 1.93 bits per heavy atom. The second kappa shape index (κ2) is 9.75. The lowest BCUT2D eigenvalue weighted by molar-refractivity contribution is 0.0776. The molecule has 0 aliphatic carbocycles. The van der Waals surface area contributed by atoms with Crippen LogP contribution in [0.3, 0.4) is 0 Å². The fourth-order valence-corrected chi connectivity index (χ4v) is 3.93. The highest BCUT2D eigenvalue weighted by molar-refractivity contribution is 7.13. The molecule has 1 aromatic heterocycles. The molecule has 0 saturated carbocycles. The predicted octanol–water partition coefficient (Wildman–Crippen LogP) is 3.49. The van der Waals surface area contributed by atoms with Gasteiger partial charge in [0.05, 0.1) is 26.0 Å². The lowest BCUT2D eigenvalue weighted by Crippen LogP contribution is -2.48. The van der Waals surface area contributed by atoms with E-state index >= 15 is 0 Å². The summed E-state index contributed by atoms with van der Waals surface area (Å²) in [4.78, 5) is 20.7. The van der Waals surface area contributed by atoms with Crippen LogP contribution in [0.1, 0.15) is 19.5 Å². The molecule has 7 nitrogen and oxygen atoms in total. The maximum atomic E-state index is 11.8. The monoisotopic (exact) mass is 405 g/mol. The molecule has 1 aromatic carbocycles. The molecule has 0 bridgehead atoms. The highest BCUT2D eigenvalue weighted by Gasteiger charge is 2.22. The van der Waals surface area contributed by atoms with Gasteiger partial charge in [-0.2, -0.15) is 0 Å². The normalized spacial score (nSPS) is 14.8. The van der Waals surface area contributed by atoms with Crippen LogP contribution in [0.15, 0.2) is 23.6 Å². The molecule has 0 radical (unpaired) electrons. The summed E-state index contributed by atoms with van der Waals surface area (Å²) >= 11 is 1.62. The van der Waals surface area contributed by atoms with Gasteiger partial charge in [-0.1, -0.05) is 0 Å². The van der Waals surface area contributed by atoms with Crippen LogP contribution in [0.2, 0.25) is 0 Å². The maximum absolute atomic E-state index is 11.8. The Hall–Kier alpha value is -2.32. The molecular formula is C20H27N3O4S. The van der Waals surface area contributed by atoms with Crippen molar-refractivity contribution in [2.24, 2.45) is 0 Å². The van der Waals surface area contributed by atoms with Crippen molar-refractivity contribution in [3.8, 4) is 22.1 Å². The fraction of sp³-hybridized carbons (Fsp3) is 0.500. The number of benzene rings is 1. The van der Waals surface area contributed by atoms with Crippen LogP contribution < -0.4 is 9.47 Å². The molecule has 0 spiro atoms. The number of ether oxygens (including phenoxy) is 3. The zero-order valence-electron chi connectivity index (χ0n) is 16.6. The van der Waals surface area contributed by atoms with Gasteiger partial charge in [-0.3, -0.25) is 4.90 Å². The van der Waals surface area contributed by atoms with Gasteiger partial charge in [0.25, 0.3) is 0 Å². The topological polar surface area (TPSA) is 64.1 Å². The second-order valence-corrected chi connectivity index (χ2v) is 7.26. The van der Waals surface area contributed by atoms with Gasteiger partial charge in [0.15, 0.2) is 11.5 Å². The minimum absolute atomic E-state index is 0.220. The van der Waals surface area contributed by atoms with Crippen molar-refractivity contribution in [2.45, 2.75) is 20.4 Å². The van der Waals surface area contributed by atoms with Crippen LogP contribution in [0.25, 0.3) is 10.6 Å². The highest BCUT2D eigenvalue weighted by atomic mass is 32.1. The molecule has 0 unspecified atom stereocenters. The molecule has 1 saturated heterocycles. The van der Waals surface area contributed by atoms with E-state index in [4.69, 9.17) is 19.2 Å². The summed E-state index contributed by atoms with van der Waals surface area (Å²) in [6.45, 7) is 8.59. The third kappa shape index (κ3) is 4.94. The van der Waals surface area contributed by atoms with Gasteiger partial charge in [-0.15, -0.1) is 11.3 Å². The van der Waals surface area contributed by atoms with E-state index in [1.807, 2.05) is 32.0 Å². The van der Waals surface area contributed by atoms with Crippen molar-refractivity contribution in [1.29, 1.82) is 0 Å². The number of thiazole rings is 1. The van der Waals surface area contributed by atoms with Crippen LogP contribution >= 0.6 is 11.3 Å². The number of piperazine rings is 1. The Morgan fingerprint density at radius 1 is 1.14 bits per heavy atom. The van der Waals surface area contributed by atoms with Crippen molar-refractivity contribution in [1.82, 2.24) is 14.8 Å². The van der Waals surface area contributed by atoms with Crippen LogP contribution in [0.4, 0.5) is 4.79 Å². The Labute approximate surface area is 169 Å². The minimum atomic E-state index is -0.220. The molecule has 8 heteroatoms. The first-order valence-corrected chi connectivity index (χ1v) is 10.4. The van der Waals surface area contributed by atoms with E-state index in [2.05, 4.69) is 10.3 Å². The number of carbonyl (C=O) groups is 1. The Bertz CT molecular complexity index is 788. The van der Waals surface area contributed by atoms with E-state index < -0.39 is 0 Å². The number of methoxy groups -OCH3 is 1. The first kappa shape index (κ1) is 20.4. The Kier molecular flexibility index (Phi) is 7.11. The lowest BCUT2D eigenvalue weighted by Gasteiger charge is -2.33. The Morgan fingerprint density at radius 3 is 2.61 bits per heavy atom. The summed E-state index contributed by atoms with van der Waals surface area (Å²) in [5, 5.41) is 3.05. The summed E-state index contributed by atoms with van der Waals surface area (Å²) < 4.78 is 16.1. The quantitative estimate of drug-likeness (QED) is 0.703. The predicted molar refractivity (Wildman–Crippen MR) is 109 cm³/mol. The highest BCUT2D eigenvalue weighted by Crippen LogP contribution is 2.34. The molecule has 28 heavy (non-hydrogen) atoms. The number of hydrogen-bond donors (Lipinski definition) is 0. The van der Waals surface area contributed by atoms with Crippen LogP contribution in [0.5, 0.6) is 11.5 Å². The third-order valence-electron chi connectivity index (χ3n) is 4.55. The van der Waals surface area contributed by atoms with Crippen LogP contribution in [-0.2, 0) is 11.3 Å². The first-order valence-electron chi connectivity index (χ1n) is 9.54. The molecule has 1 aliphatic rings. The summed E-state index contributed by atoms with van der Waals surface area (Å²) in [5.41, 5.74) is 2.06. The van der Waals surface area contributed by atoms with E-state index in [-0.39, 0.29) is 6.09 Å². The zero-order valence-corrected chi connectivity index (χ0v) is 17.5. The van der Waals surface area contributed by atoms with E-state index in [0.717, 1.165) is 41.6 Å². The average Bonchev–Trinajstić information content (AvgIpc) is 3.17. The van der Waals surface area contributed by atoms with Gasteiger partial charge in [0.1, 0.15) is 5.01 Å². The number of hydrogen-bond acceptors (Lipinski definition) is 7. The van der Waals surface area contributed by atoms with E-state index in [9.17, 15) is 4.79 Å². The van der Waals surface area contributed by atoms with Crippen LogP contribution in [0, 0.1) is 0 Å². The summed E-state index contributed by atoms with van der Waals surface area (Å²) in [6.07, 6.45) is -0.220. The van der Waals surface area contributed by atoms with E-state index in [0.29, 0.717) is 32.1 Å². The van der Waals surface area contributed by atoms with Crippen LogP contribution in [-0.4, -0.2) is 67.4 Å². The van der Waals surface area contributed by atoms with Gasteiger partial charge in [-0.25, -0.2) is 9.78 Å². The molecule has 1 fully saturated rings. The van der Waals surface area contributed by atoms with Gasteiger partial charge in [-0.05, 0) is 32.0 Å². The average molecular weight is 406 g/mol. The molecule has 1 aliphatic heterocycles. The number of aromatic nitrogens is 1. The number of rotatable bonds is 7. The molecule has 0 atom stereocenters. The molecule has 3 rings (SSSR count). The van der Waals surface area contributed by atoms with E-state index in [1.165, 1.54) is 0 Å². The molecule has 1 amide bonds. The van der Waals surface area contributed by atoms with E-state index in [1.54, 1.807) is 23.3 Å². The third-order valence-corrected chi connectivity index (χ3v) is 5.49. The van der Waals surface area contributed by atoms with Gasteiger partial charge >= 0.3 is 6.09 Å². The second-order valence-electron chi connectivity index (χ2n) is 6.40. The number of amides is 1. The molecular weight excluding hydrogens is 378 g/mol. The standard InChI is InChI=1S/C20H27N3O4S/c1-4-26-17-7-6-15(12-18(17)25-3)19-21-16(14-28-19)13-22-8-10-23(11-9-22)20(24)27-5-2/h6-7,12,14H,4-5,8-11,13H2,1-3H3. The molecule has 2 heterocycles. The van der Waals surface area contributed by atoms with Crippen molar-refractivity contribution in [3.05, 3.63) is 29.3 Å². The molecule has 152 valence electrons. The van der Waals surface area contributed by atoms with Gasteiger partial charge in [0, 0.05) is 43.7 Å². The zero-order chi connectivity index (χ0) is 19.9. The molecule has 0 N–H and O–H groups in total. The Balaban J connectivity index is 1.60.